The summed E-state index contributed by atoms with van der Waals surface area (Å²) in [6.45, 7) is 6.61. The molecule has 0 aromatic carbocycles. The molecule has 0 bridgehead atoms. The van der Waals surface area contributed by atoms with Crippen molar-refractivity contribution in [3.8, 4) is 0 Å². The minimum Gasteiger partial charge on any atom is -0.385 e. The first-order valence-corrected chi connectivity index (χ1v) is 9.06. The number of aryl methyl sites for hydroxylation is 1. The molecule has 1 aromatic rings. The summed E-state index contributed by atoms with van der Waals surface area (Å²) in [6.07, 6.45) is 6.89. The fourth-order valence-electron chi connectivity index (χ4n) is 4.14. The number of aromatic nitrogens is 1. The zero-order valence-corrected chi connectivity index (χ0v) is 15.0. The van der Waals surface area contributed by atoms with E-state index in [2.05, 4.69) is 27.8 Å². The van der Waals surface area contributed by atoms with Crippen LogP contribution in [0.25, 0.3) is 0 Å². The fraction of sp³-hybridized carbons (Fsp3) is 0.684. The molecule has 0 radical (unpaired) electrons. The van der Waals surface area contributed by atoms with Crippen molar-refractivity contribution in [3.05, 3.63) is 23.9 Å². The second-order valence-corrected chi connectivity index (χ2v) is 7.38. The lowest BCUT2D eigenvalue weighted by molar-refractivity contribution is -0.138. The molecule has 2 saturated heterocycles. The molecule has 3 rings (SSSR count). The average molecular weight is 331 g/mol. The molecule has 5 heteroatoms. The van der Waals surface area contributed by atoms with Gasteiger partial charge in [0.05, 0.1) is 0 Å². The number of ether oxygens (including phenoxy) is 1. The largest absolute Gasteiger partial charge is 0.385 e. The van der Waals surface area contributed by atoms with Gasteiger partial charge >= 0.3 is 0 Å². The first-order chi connectivity index (χ1) is 11.6. The quantitative estimate of drug-likeness (QED) is 0.778. The summed E-state index contributed by atoms with van der Waals surface area (Å²) in [6, 6.07) is 4.21. The van der Waals surface area contributed by atoms with Crippen LogP contribution in [0.5, 0.6) is 0 Å². The van der Waals surface area contributed by atoms with Crippen LogP contribution in [-0.2, 0) is 9.53 Å². The summed E-state index contributed by atoms with van der Waals surface area (Å²) >= 11 is 0. The highest BCUT2D eigenvalue weighted by Crippen LogP contribution is 2.40. The molecule has 1 aromatic heterocycles. The van der Waals surface area contributed by atoms with Gasteiger partial charge in [-0.15, -0.1) is 0 Å². The standard InChI is InChI=1S/C19H29N3O2/c1-16-6-9-20-17(13-16)21-10-3-7-19(14-21)8-5-18(23)22(15-19)11-4-12-24-2/h6,9,13H,3-5,7-8,10-12,14-15H2,1-2H3. The van der Waals surface area contributed by atoms with E-state index in [9.17, 15) is 4.79 Å². The van der Waals surface area contributed by atoms with Crippen molar-refractivity contribution < 1.29 is 9.53 Å². The van der Waals surface area contributed by atoms with Crippen LogP contribution >= 0.6 is 0 Å². The summed E-state index contributed by atoms with van der Waals surface area (Å²) < 4.78 is 5.14. The van der Waals surface area contributed by atoms with E-state index < -0.39 is 0 Å². The lowest BCUT2D eigenvalue weighted by Gasteiger charge is -2.48. The summed E-state index contributed by atoms with van der Waals surface area (Å²) in [5, 5.41) is 0. The Bertz CT molecular complexity index is 577. The molecule has 1 atom stereocenters. The number of hydrogen-bond donors (Lipinski definition) is 0. The van der Waals surface area contributed by atoms with E-state index in [1.807, 2.05) is 12.3 Å². The van der Waals surface area contributed by atoms with Gasteiger partial charge in [-0.2, -0.15) is 0 Å². The van der Waals surface area contributed by atoms with Gasteiger partial charge in [-0.3, -0.25) is 4.79 Å². The third-order valence-corrected chi connectivity index (χ3v) is 5.41. The minimum absolute atomic E-state index is 0.227. The first-order valence-electron chi connectivity index (χ1n) is 9.06. The lowest BCUT2D eigenvalue weighted by Crippen LogP contribution is -2.54. The van der Waals surface area contributed by atoms with Gasteiger partial charge in [0, 0.05) is 57.9 Å². The summed E-state index contributed by atoms with van der Waals surface area (Å²) in [7, 11) is 1.72. The predicted octanol–water partition coefficient (Wildman–Crippen LogP) is 2.64. The van der Waals surface area contributed by atoms with E-state index in [0.717, 1.165) is 51.4 Å². The lowest BCUT2D eigenvalue weighted by atomic mass is 9.73. The SMILES string of the molecule is COCCCN1CC2(CCCN(c3cc(C)ccn3)C2)CCC1=O. The molecule has 0 aliphatic carbocycles. The van der Waals surface area contributed by atoms with Gasteiger partial charge in [-0.1, -0.05) is 0 Å². The van der Waals surface area contributed by atoms with Crippen LogP contribution in [0.4, 0.5) is 5.82 Å². The number of amides is 1. The molecule has 2 aliphatic heterocycles. The number of hydrogen-bond acceptors (Lipinski definition) is 4. The monoisotopic (exact) mass is 331 g/mol. The van der Waals surface area contributed by atoms with E-state index in [1.54, 1.807) is 7.11 Å². The molecule has 0 N–H and O–H groups in total. The molecule has 5 nitrogen and oxygen atoms in total. The van der Waals surface area contributed by atoms with Crippen LogP contribution in [-0.4, -0.2) is 55.7 Å². The van der Waals surface area contributed by atoms with Crippen molar-refractivity contribution in [1.82, 2.24) is 9.88 Å². The van der Waals surface area contributed by atoms with Gasteiger partial charge < -0.3 is 14.5 Å². The van der Waals surface area contributed by atoms with E-state index in [1.165, 1.54) is 18.4 Å². The van der Waals surface area contributed by atoms with Crippen LogP contribution in [0.2, 0.25) is 0 Å². The minimum atomic E-state index is 0.227. The van der Waals surface area contributed by atoms with E-state index in [0.29, 0.717) is 12.3 Å². The topological polar surface area (TPSA) is 45.7 Å². The number of carbonyl (C=O) groups excluding carboxylic acids is 1. The van der Waals surface area contributed by atoms with Crippen molar-refractivity contribution >= 4 is 11.7 Å². The van der Waals surface area contributed by atoms with Crippen LogP contribution < -0.4 is 4.90 Å². The summed E-state index contributed by atoms with van der Waals surface area (Å²) in [4.78, 5) is 21.3. The third kappa shape index (κ3) is 3.89. The Hall–Kier alpha value is -1.62. The number of rotatable bonds is 5. The first kappa shape index (κ1) is 17.2. The third-order valence-electron chi connectivity index (χ3n) is 5.41. The van der Waals surface area contributed by atoms with E-state index >= 15 is 0 Å². The molecule has 132 valence electrons. The van der Waals surface area contributed by atoms with Gasteiger partial charge in [-0.25, -0.2) is 4.98 Å². The molecule has 24 heavy (non-hydrogen) atoms. The molecular formula is C19H29N3O2. The van der Waals surface area contributed by atoms with Crippen molar-refractivity contribution in [2.45, 2.75) is 39.0 Å². The second-order valence-electron chi connectivity index (χ2n) is 7.38. The van der Waals surface area contributed by atoms with E-state index in [-0.39, 0.29) is 5.41 Å². The number of nitrogens with zero attached hydrogens (tertiary/aromatic N) is 3. The normalized spacial score (nSPS) is 24.7. The van der Waals surface area contributed by atoms with Crippen molar-refractivity contribution in [3.63, 3.8) is 0 Å². The van der Waals surface area contributed by atoms with Crippen LogP contribution in [0.1, 0.15) is 37.7 Å². The number of likely N-dealkylation sites (tertiary alicyclic amines) is 1. The van der Waals surface area contributed by atoms with Gasteiger partial charge in [0.15, 0.2) is 0 Å². The maximum absolute atomic E-state index is 12.3. The van der Waals surface area contributed by atoms with Crippen molar-refractivity contribution in [1.29, 1.82) is 0 Å². The number of piperidine rings is 2. The maximum atomic E-state index is 12.3. The number of anilines is 1. The average Bonchev–Trinajstić information content (AvgIpc) is 2.59. The van der Waals surface area contributed by atoms with Crippen molar-refractivity contribution in [2.75, 3.05) is 44.8 Å². The maximum Gasteiger partial charge on any atom is 0.222 e. The Kier molecular flexibility index (Phi) is 5.39. The molecule has 1 unspecified atom stereocenters. The number of pyridine rings is 1. The molecule has 3 heterocycles. The Morgan fingerprint density at radius 1 is 1.33 bits per heavy atom. The highest BCUT2D eigenvalue weighted by atomic mass is 16.5. The Labute approximate surface area is 145 Å². The molecule has 1 amide bonds. The number of methoxy groups -OCH3 is 1. The Morgan fingerprint density at radius 2 is 2.21 bits per heavy atom. The van der Waals surface area contributed by atoms with Gasteiger partial charge in [-0.05, 0) is 50.3 Å². The molecule has 2 fully saturated rings. The van der Waals surface area contributed by atoms with Crippen LogP contribution in [0.15, 0.2) is 18.3 Å². The van der Waals surface area contributed by atoms with Crippen LogP contribution in [0.3, 0.4) is 0 Å². The highest BCUT2D eigenvalue weighted by molar-refractivity contribution is 5.77. The smallest absolute Gasteiger partial charge is 0.222 e. The second kappa shape index (κ2) is 7.51. The molecule has 0 saturated carbocycles. The van der Waals surface area contributed by atoms with Gasteiger partial charge in [0.2, 0.25) is 5.91 Å². The Balaban J connectivity index is 1.69. The van der Waals surface area contributed by atoms with Crippen LogP contribution in [0, 0.1) is 12.3 Å². The zero-order valence-electron chi connectivity index (χ0n) is 15.0. The Morgan fingerprint density at radius 3 is 3.00 bits per heavy atom. The van der Waals surface area contributed by atoms with Gasteiger partial charge in [0.25, 0.3) is 0 Å². The number of carbonyl (C=O) groups is 1. The summed E-state index contributed by atoms with van der Waals surface area (Å²) in [5.74, 6) is 1.39. The van der Waals surface area contributed by atoms with Gasteiger partial charge in [0.1, 0.15) is 5.82 Å². The molecular weight excluding hydrogens is 302 g/mol. The fourth-order valence-corrected chi connectivity index (χ4v) is 4.14. The molecule has 1 spiro atoms. The highest BCUT2D eigenvalue weighted by Gasteiger charge is 2.41. The summed E-state index contributed by atoms with van der Waals surface area (Å²) in [5.41, 5.74) is 1.48. The zero-order chi connectivity index (χ0) is 17.0. The molecule has 2 aliphatic rings. The predicted molar refractivity (Wildman–Crippen MR) is 95.2 cm³/mol. The van der Waals surface area contributed by atoms with E-state index in [4.69, 9.17) is 4.74 Å². The van der Waals surface area contributed by atoms with Crippen molar-refractivity contribution in [2.24, 2.45) is 5.41 Å².